The second-order valence-corrected chi connectivity index (χ2v) is 5.49. The lowest BCUT2D eigenvalue weighted by atomic mass is 10.2. The Morgan fingerprint density at radius 3 is 2.61 bits per heavy atom. The van der Waals surface area contributed by atoms with E-state index in [1.165, 1.54) is 11.3 Å². The molecule has 0 spiro atoms. The van der Waals surface area contributed by atoms with E-state index < -0.39 is 0 Å². The summed E-state index contributed by atoms with van der Waals surface area (Å²) >= 11 is 7.48. The number of hydrogen-bond acceptors (Lipinski definition) is 5. The first-order valence-corrected chi connectivity index (χ1v) is 6.68. The van der Waals surface area contributed by atoms with Crippen LogP contribution >= 0.6 is 22.9 Å². The minimum Gasteiger partial charge on any atom is -0.253 e. The fourth-order valence-electron chi connectivity index (χ4n) is 1.61. The van der Waals surface area contributed by atoms with Crippen molar-refractivity contribution in [2.75, 3.05) is 0 Å². The van der Waals surface area contributed by atoms with E-state index in [4.69, 9.17) is 11.6 Å². The van der Waals surface area contributed by atoms with Crippen molar-refractivity contribution in [3.8, 4) is 10.6 Å². The third kappa shape index (κ3) is 2.07. The highest BCUT2D eigenvalue weighted by Gasteiger charge is 2.11. The Bertz CT molecular complexity index is 695. The van der Waals surface area contributed by atoms with E-state index in [1.807, 2.05) is 25.1 Å². The molecule has 0 N–H and O–H groups in total. The van der Waals surface area contributed by atoms with Crippen molar-refractivity contribution in [3.05, 3.63) is 35.6 Å². The number of rotatable bonds is 2. The number of nitrogens with zero attached hydrogens (tertiary/aromatic N) is 4. The predicted octanol–water partition coefficient (Wildman–Crippen LogP) is 3.45. The van der Waals surface area contributed by atoms with E-state index in [0.717, 1.165) is 26.6 Å². The van der Waals surface area contributed by atoms with Crippen molar-refractivity contribution in [2.45, 2.75) is 12.3 Å². The van der Waals surface area contributed by atoms with Gasteiger partial charge in [-0.1, -0.05) is 11.3 Å². The lowest BCUT2D eigenvalue weighted by molar-refractivity contribution is 0.962. The van der Waals surface area contributed by atoms with Gasteiger partial charge in [-0.3, -0.25) is 9.97 Å². The minimum atomic E-state index is -0.114. The standard InChI is InChI=1S/C12H9ClN4S/c1-7(13)11-16-17-12(18-11)8-2-3-9-10(6-8)15-5-4-14-9/h2-7H,1H3. The Balaban J connectivity index is 2.07. The molecule has 0 aliphatic heterocycles. The van der Waals surface area contributed by atoms with Crippen molar-refractivity contribution in [1.29, 1.82) is 0 Å². The summed E-state index contributed by atoms with van der Waals surface area (Å²) in [5.41, 5.74) is 2.71. The molecule has 0 bridgehead atoms. The molecule has 1 atom stereocenters. The van der Waals surface area contributed by atoms with Crippen LogP contribution in [-0.4, -0.2) is 20.2 Å². The molecule has 0 saturated heterocycles. The highest BCUT2D eigenvalue weighted by atomic mass is 35.5. The van der Waals surface area contributed by atoms with Crippen molar-refractivity contribution >= 4 is 34.0 Å². The number of halogens is 1. The molecule has 3 aromatic rings. The summed E-state index contributed by atoms with van der Waals surface area (Å²) in [5.74, 6) is 0. The molecule has 18 heavy (non-hydrogen) atoms. The van der Waals surface area contributed by atoms with Gasteiger partial charge in [0, 0.05) is 18.0 Å². The molecule has 0 amide bonds. The minimum absolute atomic E-state index is 0.114. The summed E-state index contributed by atoms with van der Waals surface area (Å²) in [5, 5.41) is 9.79. The fourth-order valence-corrected chi connectivity index (χ4v) is 2.55. The molecule has 2 aromatic heterocycles. The first-order chi connectivity index (χ1) is 8.74. The third-order valence-corrected chi connectivity index (χ3v) is 3.99. The fraction of sp³-hybridized carbons (Fsp3) is 0.167. The van der Waals surface area contributed by atoms with Gasteiger partial charge >= 0.3 is 0 Å². The molecular weight excluding hydrogens is 268 g/mol. The molecule has 0 saturated carbocycles. The van der Waals surface area contributed by atoms with E-state index in [0.29, 0.717) is 0 Å². The lowest BCUT2D eigenvalue weighted by Crippen LogP contribution is -1.83. The van der Waals surface area contributed by atoms with Crippen LogP contribution in [0.25, 0.3) is 21.6 Å². The van der Waals surface area contributed by atoms with Crippen LogP contribution in [0.5, 0.6) is 0 Å². The SMILES string of the molecule is CC(Cl)c1nnc(-c2ccc3nccnc3c2)s1. The first kappa shape index (κ1) is 11.5. The second-order valence-electron chi connectivity index (χ2n) is 3.82. The smallest absolute Gasteiger partial charge is 0.147 e. The maximum Gasteiger partial charge on any atom is 0.147 e. The van der Waals surface area contributed by atoms with E-state index in [9.17, 15) is 0 Å². The van der Waals surface area contributed by atoms with Crippen molar-refractivity contribution in [3.63, 3.8) is 0 Å². The Hall–Kier alpha value is -1.59. The van der Waals surface area contributed by atoms with Crippen LogP contribution in [-0.2, 0) is 0 Å². The van der Waals surface area contributed by atoms with Gasteiger partial charge in [0.05, 0.1) is 16.4 Å². The summed E-state index contributed by atoms with van der Waals surface area (Å²) in [7, 11) is 0. The monoisotopic (exact) mass is 276 g/mol. The van der Waals surface area contributed by atoms with Crippen LogP contribution < -0.4 is 0 Å². The van der Waals surface area contributed by atoms with Crippen molar-refractivity contribution in [1.82, 2.24) is 20.2 Å². The molecule has 3 rings (SSSR count). The molecule has 4 nitrogen and oxygen atoms in total. The zero-order chi connectivity index (χ0) is 12.5. The second kappa shape index (κ2) is 4.59. The van der Waals surface area contributed by atoms with Crippen LogP contribution in [0, 0.1) is 0 Å². The molecule has 2 heterocycles. The molecule has 0 aliphatic rings. The first-order valence-electron chi connectivity index (χ1n) is 5.42. The summed E-state index contributed by atoms with van der Waals surface area (Å²) < 4.78 is 0. The molecule has 0 aliphatic carbocycles. The van der Waals surface area contributed by atoms with Crippen LogP contribution in [0.15, 0.2) is 30.6 Å². The summed E-state index contributed by atoms with van der Waals surface area (Å²) in [6, 6.07) is 5.87. The van der Waals surface area contributed by atoms with Crippen LogP contribution in [0.3, 0.4) is 0 Å². The molecule has 0 radical (unpaired) electrons. The highest BCUT2D eigenvalue weighted by Crippen LogP contribution is 2.30. The number of hydrogen-bond donors (Lipinski definition) is 0. The van der Waals surface area contributed by atoms with Crippen LogP contribution in [0.1, 0.15) is 17.3 Å². The van der Waals surface area contributed by atoms with Gasteiger partial charge in [-0.2, -0.15) is 0 Å². The van der Waals surface area contributed by atoms with Gasteiger partial charge in [-0.15, -0.1) is 21.8 Å². The average Bonchev–Trinajstić information content (AvgIpc) is 2.88. The van der Waals surface area contributed by atoms with Crippen molar-refractivity contribution in [2.24, 2.45) is 0 Å². The Labute approximate surface area is 113 Å². The van der Waals surface area contributed by atoms with Crippen molar-refractivity contribution < 1.29 is 0 Å². The lowest BCUT2D eigenvalue weighted by Gasteiger charge is -1.98. The average molecular weight is 277 g/mol. The molecule has 0 fully saturated rings. The Morgan fingerprint density at radius 2 is 1.89 bits per heavy atom. The predicted molar refractivity (Wildman–Crippen MR) is 72.7 cm³/mol. The van der Waals surface area contributed by atoms with E-state index >= 15 is 0 Å². The van der Waals surface area contributed by atoms with Gasteiger partial charge in [0.25, 0.3) is 0 Å². The third-order valence-electron chi connectivity index (χ3n) is 2.50. The van der Waals surface area contributed by atoms with Gasteiger partial charge in [-0.05, 0) is 25.1 Å². The van der Waals surface area contributed by atoms with Crippen LogP contribution in [0.4, 0.5) is 0 Å². The molecule has 90 valence electrons. The van der Waals surface area contributed by atoms with Gasteiger partial charge < -0.3 is 0 Å². The van der Waals surface area contributed by atoms with Gasteiger partial charge in [0.1, 0.15) is 10.0 Å². The number of benzene rings is 1. The summed E-state index contributed by atoms with van der Waals surface area (Å²) in [6.07, 6.45) is 3.36. The zero-order valence-electron chi connectivity index (χ0n) is 9.54. The maximum absolute atomic E-state index is 5.98. The maximum atomic E-state index is 5.98. The number of fused-ring (bicyclic) bond motifs is 1. The molecule has 1 unspecified atom stereocenters. The highest BCUT2D eigenvalue weighted by molar-refractivity contribution is 7.15. The zero-order valence-corrected chi connectivity index (χ0v) is 11.1. The summed E-state index contributed by atoms with van der Waals surface area (Å²) in [4.78, 5) is 8.51. The van der Waals surface area contributed by atoms with Gasteiger partial charge in [0.2, 0.25) is 0 Å². The van der Waals surface area contributed by atoms with E-state index in [1.54, 1.807) is 12.4 Å². The molecular formula is C12H9ClN4S. The Morgan fingerprint density at radius 1 is 1.11 bits per heavy atom. The molecule has 1 aromatic carbocycles. The topological polar surface area (TPSA) is 51.6 Å². The summed E-state index contributed by atoms with van der Waals surface area (Å²) in [6.45, 7) is 1.89. The largest absolute Gasteiger partial charge is 0.253 e. The Kier molecular flexibility index (Phi) is 2.93. The quantitative estimate of drug-likeness (QED) is 0.673. The number of aromatic nitrogens is 4. The van der Waals surface area contributed by atoms with Gasteiger partial charge in [-0.25, -0.2) is 0 Å². The van der Waals surface area contributed by atoms with Crippen LogP contribution in [0.2, 0.25) is 0 Å². The number of alkyl halides is 1. The molecule has 6 heteroatoms. The van der Waals surface area contributed by atoms with E-state index in [2.05, 4.69) is 20.2 Å². The van der Waals surface area contributed by atoms with E-state index in [-0.39, 0.29) is 5.38 Å². The van der Waals surface area contributed by atoms with Gasteiger partial charge in [0.15, 0.2) is 0 Å². The normalized spacial score (nSPS) is 12.8.